The molecule has 28 heavy (non-hydrogen) atoms. The standard InChI is InChI=1S/C24H42NO2.BrH/c1-5-6-7-8-9-10-11-12-13-14-19-25(3,4)20-21-27-24-17-15-23(16-18-24)22(2)26;/h15-18H,5-14,19-21H2,1-4H3;1H/q+1;/p-1. The first kappa shape index (κ1) is 27.1. The van der Waals surface area contributed by atoms with Crippen LogP contribution in [0.15, 0.2) is 24.3 Å². The Bertz CT molecular complexity index is 514. The van der Waals surface area contributed by atoms with E-state index in [0.29, 0.717) is 6.61 Å². The summed E-state index contributed by atoms with van der Waals surface area (Å²) in [6.07, 6.45) is 13.9. The fourth-order valence-electron chi connectivity index (χ4n) is 3.34. The first-order valence-corrected chi connectivity index (χ1v) is 11.0. The van der Waals surface area contributed by atoms with Gasteiger partial charge in [-0.2, -0.15) is 0 Å². The van der Waals surface area contributed by atoms with Crippen molar-refractivity contribution >= 4 is 5.78 Å². The summed E-state index contributed by atoms with van der Waals surface area (Å²) >= 11 is 0. The SMILES string of the molecule is CCCCCCCCCCCC[N+](C)(C)CCOc1ccc(C(C)=O)cc1.[Br-]. The summed E-state index contributed by atoms with van der Waals surface area (Å²) in [5.41, 5.74) is 0.736. The number of carbonyl (C=O) groups is 1. The molecule has 1 rings (SSSR count). The van der Waals surface area contributed by atoms with Crippen molar-refractivity contribution < 1.29 is 31.0 Å². The van der Waals surface area contributed by atoms with E-state index in [-0.39, 0.29) is 22.8 Å². The van der Waals surface area contributed by atoms with Gasteiger partial charge in [0.15, 0.2) is 5.78 Å². The third-order valence-corrected chi connectivity index (χ3v) is 5.34. The molecule has 0 bridgehead atoms. The molecule has 0 unspecified atom stereocenters. The summed E-state index contributed by atoms with van der Waals surface area (Å²) < 4.78 is 6.85. The second kappa shape index (κ2) is 16.0. The molecule has 0 radical (unpaired) electrons. The van der Waals surface area contributed by atoms with Crippen LogP contribution < -0.4 is 21.7 Å². The first-order chi connectivity index (χ1) is 12.9. The van der Waals surface area contributed by atoms with E-state index in [4.69, 9.17) is 4.74 Å². The van der Waals surface area contributed by atoms with E-state index >= 15 is 0 Å². The molecule has 1 aromatic rings. The van der Waals surface area contributed by atoms with Gasteiger partial charge < -0.3 is 26.2 Å². The molecule has 0 heterocycles. The highest BCUT2D eigenvalue weighted by Crippen LogP contribution is 2.14. The minimum absolute atomic E-state index is 0. The maximum atomic E-state index is 11.3. The van der Waals surface area contributed by atoms with Crippen molar-refractivity contribution in [3.05, 3.63) is 29.8 Å². The second-order valence-corrected chi connectivity index (χ2v) is 8.49. The van der Waals surface area contributed by atoms with Crippen LogP contribution in [0.25, 0.3) is 0 Å². The number of carbonyl (C=O) groups excluding carboxylic acids is 1. The number of halogens is 1. The molecule has 0 spiro atoms. The number of hydrogen-bond donors (Lipinski definition) is 0. The molecular formula is C24H42BrNO2. The summed E-state index contributed by atoms with van der Waals surface area (Å²) in [4.78, 5) is 11.3. The van der Waals surface area contributed by atoms with Crippen LogP contribution in [0.5, 0.6) is 5.75 Å². The van der Waals surface area contributed by atoms with Crippen LogP contribution in [0.2, 0.25) is 0 Å². The largest absolute Gasteiger partial charge is 1.00 e. The molecule has 162 valence electrons. The minimum Gasteiger partial charge on any atom is -1.00 e. The first-order valence-electron chi connectivity index (χ1n) is 11.0. The third kappa shape index (κ3) is 13.3. The molecule has 0 atom stereocenters. The van der Waals surface area contributed by atoms with Crippen LogP contribution in [0.4, 0.5) is 0 Å². The molecule has 3 nitrogen and oxygen atoms in total. The van der Waals surface area contributed by atoms with Crippen molar-refractivity contribution in [1.82, 2.24) is 0 Å². The minimum atomic E-state index is 0. The van der Waals surface area contributed by atoms with Gasteiger partial charge in [-0.05, 0) is 44.0 Å². The highest BCUT2D eigenvalue weighted by Gasteiger charge is 2.14. The van der Waals surface area contributed by atoms with Gasteiger partial charge in [-0.3, -0.25) is 4.79 Å². The number of nitrogens with zero attached hydrogens (tertiary/aromatic N) is 1. The van der Waals surface area contributed by atoms with E-state index in [0.717, 1.165) is 22.3 Å². The normalized spacial score (nSPS) is 11.1. The molecule has 0 amide bonds. The van der Waals surface area contributed by atoms with Crippen molar-refractivity contribution in [3.8, 4) is 5.75 Å². The molecule has 1 aromatic carbocycles. The number of Topliss-reactive ketones (excluding diaryl/α,β-unsaturated/α-hetero) is 1. The Morgan fingerprint density at radius 1 is 0.821 bits per heavy atom. The van der Waals surface area contributed by atoms with Crippen molar-refractivity contribution in [3.63, 3.8) is 0 Å². The van der Waals surface area contributed by atoms with E-state index in [9.17, 15) is 4.79 Å². The van der Waals surface area contributed by atoms with Crippen LogP contribution in [0.3, 0.4) is 0 Å². The molecule has 0 aliphatic carbocycles. The molecule has 0 saturated carbocycles. The lowest BCUT2D eigenvalue weighted by Crippen LogP contribution is -3.00. The summed E-state index contributed by atoms with van der Waals surface area (Å²) in [6.45, 7) is 6.79. The quantitative estimate of drug-likeness (QED) is 0.217. The number of quaternary nitrogens is 1. The third-order valence-electron chi connectivity index (χ3n) is 5.34. The molecule has 0 fully saturated rings. The van der Waals surface area contributed by atoms with Gasteiger partial charge in [-0.15, -0.1) is 0 Å². The van der Waals surface area contributed by atoms with Crippen molar-refractivity contribution in [1.29, 1.82) is 0 Å². The van der Waals surface area contributed by atoms with Gasteiger partial charge in [0.05, 0.1) is 20.6 Å². The van der Waals surface area contributed by atoms with Crippen molar-refractivity contribution in [2.45, 2.75) is 78.1 Å². The predicted molar refractivity (Wildman–Crippen MR) is 116 cm³/mol. The lowest BCUT2D eigenvalue weighted by Gasteiger charge is -2.29. The zero-order valence-electron chi connectivity index (χ0n) is 18.6. The van der Waals surface area contributed by atoms with Gasteiger partial charge in [0, 0.05) is 5.56 Å². The molecule has 0 N–H and O–H groups in total. The fourth-order valence-corrected chi connectivity index (χ4v) is 3.34. The molecule has 4 heteroatoms. The van der Waals surface area contributed by atoms with E-state index in [1.165, 1.54) is 70.8 Å². The van der Waals surface area contributed by atoms with E-state index in [1.807, 2.05) is 24.3 Å². The van der Waals surface area contributed by atoms with Gasteiger partial charge >= 0.3 is 0 Å². The number of rotatable bonds is 16. The summed E-state index contributed by atoms with van der Waals surface area (Å²) in [5, 5.41) is 0. The monoisotopic (exact) mass is 455 g/mol. The smallest absolute Gasteiger partial charge is 0.159 e. The van der Waals surface area contributed by atoms with Crippen LogP contribution >= 0.6 is 0 Å². The van der Waals surface area contributed by atoms with Gasteiger partial charge in [0.2, 0.25) is 0 Å². The lowest BCUT2D eigenvalue weighted by atomic mass is 10.1. The maximum Gasteiger partial charge on any atom is 0.159 e. The Hall–Kier alpha value is -0.870. The average Bonchev–Trinajstić information content (AvgIpc) is 2.63. The highest BCUT2D eigenvalue weighted by molar-refractivity contribution is 5.94. The molecule has 0 aliphatic heterocycles. The maximum absolute atomic E-state index is 11.3. The zero-order chi connectivity index (χ0) is 20.0. The molecule has 0 aromatic heterocycles. The van der Waals surface area contributed by atoms with Crippen molar-refractivity contribution in [2.75, 3.05) is 33.8 Å². The number of ether oxygens (including phenoxy) is 1. The van der Waals surface area contributed by atoms with Gasteiger partial charge in [-0.25, -0.2) is 0 Å². The zero-order valence-corrected chi connectivity index (χ0v) is 20.2. The Kier molecular flexibility index (Phi) is 15.5. The predicted octanol–water partition coefficient (Wildman–Crippen LogP) is 3.27. The van der Waals surface area contributed by atoms with Gasteiger partial charge in [0.25, 0.3) is 0 Å². The molecule has 0 aliphatic rings. The highest BCUT2D eigenvalue weighted by atomic mass is 79.9. The van der Waals surface area contributed by atoms with Gasteiger partial charge in [0.1, 0.15) is 18.9 Å². The Morgan fingerprint density at radius 2 is 1.32 bits per heavy atom. The van der Waals surface area contributed by atoms with Crippen molar-refractivity contribution in [2.24, 2.45) is 0 Å². The molecular weight excluding hydrogens is 414 g/mol. The number of benzene rings is 1. The van der Waals surface area contributed by atoms with E-state index in [2.05, 4.69) is 21.0 Å². The topological polar surface area (TPSA) is 26.3 Å². The molecule has 0 saturated heterocycles. The van der Waals surface area contributed by atoms with Gasteiger partial charge in [-0.1, -0.05) is 58.3 Å². The second-order valence-electron chi connectivity index (χ2n) is 8.49. The Labute approximate surface area is 184 Å². The summed E-state index contributed by atoms with van der Waals surface area (Å²) in [7, 11) is 4.58. The fraction of sp³-hybridized carbons (Fsp3) is 0.708. The number of hydrogen-bond acceptors (Lipinski definition) is 2. The summed E-state index contributed by atoms with van der Waals surface area (Å²) in [5.74, 6) is 0.940. The van der Waals surface area contributed by atoms with E-state index in [1.54, 1.807) is 6.92 Å². The van der Waals surface area contributed by atoms with Crippen LogP contribution in [-0.4, -0.2) is 44.1 Å². The Balaban J connectivity index is 0.00000729. The van der Waals surface area contributed by atoms with E-state index < -0.39 is 0 Å². The number of likely N-dealkylation sites (N-methyl/N-ethyl adjacent to an activating group) is 1. The summed E-state index contributed by atoms with van der Waals surface area (Å²) in [6, 6.07) is 7.45. The Morgan fingerprint density at radius 3 is 1.82 bits per heavy atom. The lowest BCUT2D eigenvalue weighted by molar-refractivity contribution is -0.890. The number of unbranched alkanes of at least 4 members (excludes halogenated alkanes) is 9. The van der Waals surface area contributed by atoms with Crippen LogP contribution in [-0.2, 0) is 0 Å². The number of ketones is 1. The average molecular weight is 457 g/mol. The van der Waals surface area contributed by atoms with Crippen LogP contribution in [0.1, 0.15) is 88.4 Å². The van der Waals surface area contributed by atoms with Crippen LogP contribution in [0, 0.1) is 0 Å².